The molecule has 0 spiro atoms. The monoisotopic (exact) mass is 351 g/mol. The van der Waals surface area contributed by atoms with Gasteiger partial charge in [-0.15, -0.1) is 0 Å². The van der Waals surface area contributed by atoms with E-state index in [1.807, 2.05) is 0 Å². The first-order valence-electron chi connectivity index (χ1n) is 6.14. The van der Waals surface area contributed by atoms with Crippen LogP contribution in [0.15, 0.2) is 30.3 Å². The molecule has 0 aliphatic heterocycles. The number of hydrogen-bond acceptors (Lipinski definition) is 1. The van der Waals surface area contributed by atoms with Gasteiger partial charge in [0.25, 0.3) is 0 Å². The zero-order valence-electron chi connectivity index (χ0n) is 11.4. The van der Waals surface area contributed by atoms with Crippen molar-refractivity contribution in [1.29, 1.82) is 5.26 Å². The molecule has 0 bridgehead atoms. The summed E-state index contributed by atoms with van der Waals surface area (Å²) in [5.74, 6) is -3.18. The van der Waals surface area contributed by atoms with Crippen LogP contribution in [-0.4, -0.2) is 0 Å². The van der Waals surface area contributed by atoms with Crippen molar-refractivity contribution in [3.8, 4) is 17.2 Å². The summed E-state index contributed by atoms with van der Waals surface area (Å²) in [7, 11) is 0. The van der Waals surface area contributed by atoms with Crippen molar-refractivity contribution in [2.24, 2.45) is 0 Å². The second-order valence-corrected chi connectivity index (χ2v) is 4.62. The van der Waals surface area contributed by atoms with Crippen LogP contribution in [0.25, 0.3) is 11.1 Å². The van der Waals surface area contributed by atoms with Gasteiger partial charge in [0, 0.05) is 11.1 Å². The van der Waals surface area contributed by atoms with Gasteiger partial charge in [0.2, 0.25) is 0 Å². The Labute approximate surface area is 129 Å². The third-order valence-electron chi connectivity index (χ3n) is 3.15. The summed E-state index contributed by atoms with van der Waals surface area (Å²) in [6.45, 7) is 0. The molecule has 0 aliphatic rings. The van der Waals surface area contributed by atoms with E-state index in [-0.39, 0.29) is 0 Å². The van der Waals surface area contributed by atoms with Crippen LogP contribution in [-0.2, 0) is 12.4 Å². The lowest BCUT2D eigenvalue weighted by atomic mass is 9.92. The molecule has 2 aromatic carbocycles. The molecule has 2 aromatic rings. The maximum Gasteiger partial charge on any atom is 0.417 e. The summed E-state index contributed by atoms with van der Waals surface area (Å²) in [5.41, 5.74) is -7.41. The second-order valence-electron chi connectivity index (χ2n) is 4.62. The van der Waals surface area contributed by atoms with Crippen LogP contribution >= 0.6 is 0 Å². The van der Waals surface area contributed by atoms with E-state index in [0.29, 0.717) is 30.3 Å². The summed E-state index contributed by atoms with van der Waals surface area (Å²) in [5, 5.41) is 8.65. The molecule has 0 N–H and O–H groups in total. The lowest BCUT2D eigenvalue weighted by Crippen LogP contribution is -2.15. The molecule has 0 radical (unpaired) electrons. The first kappa shape index (κ1) is 17.7. The Morgan fingerprint density at radius 1 is 0.792 bits per heavy atom. The minimum atomic E-state index is -5.22. The van der Waals surface area contributed by atoms with Gasteiger partial charge < -0.3 is 0 Å². The Hall–Kier alpha value is -2.63. The Kier molecular flexibility index (Phi) is 4.27. The molecule has 0 saturated heterocycles. The fraction of sp³-hybridized carbons (Fsp3) is 0.133. The summed E-state index contributed by atoms with van der Waals surface area (Å²) < 4.78 is 106. The molecule has 0 fully saturated rings. The second kappa shape index (κ2) is 5.78. The van der Waals surface area contributed by atoms with Crippen LogP contribution < -0.4 is 0 Å². The summed E-state index contributed by atoms with van der Waals surface area (Å²) in [6.07, 6.45) is -10.4. The highest BCUT2D eigenvalue weighted by molar-refractivity contribution is 5.74. The third kappa shape index (κ3) is 3.04. The smallest absolute Gasteiger partial charge is 0.205 e. The van der Waals surface area contributed by atoms with Gasteiger partial charge in [0.05, 0.1) is 11.1 Å². The van der Waals surface area contributed by atoms with Crippen LogP contribution in [0.2, 0.25) is 0 Å². The Morgan fingerprint density at radius 3 is 1.71 bits per heavy atom. The molecule has 126 valence electrons. The van der Waals surface area contributed by atoms with Crippen molar-refractivity contribution >= 4 is 0 Å². The molecule has 0 amide bonds. The third-order valence-corrected chi connectivity index (χ3v) is 3.15. The van der Waals surface area contributed by atoms with Crippen molar-refractivity contribution in [3.63, 3.8) is 0 Å². The average molecular weight is 351 g/mol. The van der Waals surface area contributed by atoms with Crippen LogP contribution in [0.1, 0.15) is 16.7 Å². The van der Waals surface area contributed by atoms with Gasteiger partial charge in [0.15, 0.2) is 5.82 Å². The number of rotatable bonds is 1. The molecular weight excluding hydrogens is 346 g/mol. The molecule has 0 heterocycles. The molecule has 0 aliphatic carbocycles. The molecule has 0 saturated carbocycles. The van der Waals surface area contributed by atoms with Crippen LogP contribution in [0.3, 0.4) is 0 Å². The van der Waals surface area contributed by atoms with Crippen molar-refractivity contribution in [2.45, 2.75) is 12.4 Å². The van der Waals surface area contributed by atoms with Gasteiger partial charge in [0.1, 0.15) is 17.4 Å². The summed E-state index contributed by atoms with van der Waals surface area (Å²) >= 11 is 0. The fourth-order valence-corrected chi connectivity index (χ4v) is 2.16. The molecule has 0 unspecified atom stereocenters. The fourth-order valence-electron chi connectivity index (χ4n) is 2.16. The predicted octanol–water partition coefficient (Wildman–Crippen LogP) is 5.54. The largest absolute Gasteiger partial charge is 0.417 e. The maximum absolute atomic E-state index is 14.2. The van der Waals surface area contributed by atoms with Crippen molar-refractivity contribution in [3.05, 3.63) is 58.7 Å². The van der Waals surface area contributed by atoms with E-state index >= 15 is 0 Å². The van der Waals surface area contributed by atoms with E-state index in [1.165, 1.54) is 0 Å². The number of nitrogens with zero attached hydrogens (tertiary/aromatic N) is 1. The minimum absolute atomic E-state index is 0.347. The maximum atomic E-state index is 14.2. The SMILES string of the molecule is N#Cc1c(F)ccc(-c2c(C(F)(F)F)cccc2C(F)(F)F)c1F. The van der Waals surface area contributed by atoms with Crippen LogP contribution in [0.4, 0.5) is 35.1 Å². The van der Waals surface area contributed by atoms with Gasteiger partial charge >= 0.3 is 12.4 Å². The topological polar surface area (TPSA) is 23.8 Å². The van der Waals surface area contributed by atoms with E-state index in [9.17, 15) is 35.1 Å². The zero-order chi connectivity index (χ0) is 18.3. The number of halogens is 8. The average Bonchev–Trinajstić information content (AvgIpc) is 2.45. The van der Waals surface area contributed by atoms with E-state index in [4.69, 9.17) is 5.26 Å². The summed E-state index contributed by atoms with van der Waals surface area (Å²) in [6, 6.07) is 3.17. The van der Waals surface area contributed by atoms with E-state index in [2.05, 4.69) is 0 Å². The van der Waals surface area contributed by atoms with E-state index in [0.717, 1.165) is 6.07 Å². The lowest BCUT2D eigenvalue weighted by Gasteiger charge is -2.19. The molecular formula is C15H5F8N. The van der Waals surface area contributed by atoms with Crippen molar-refractivity contribution < 1.29 is 35.1 Å². The summed E-state index contributed by atoms with van der Waals surface area (Å²) in [4.78, 5) is 0. The first-order chi connectivity index (χ1) is 11.0. The number of alkyl halides is 6. The van der Waals surface area contributed by atoms with Gasteiger partial charge in [-0.1, -0.05) is 6.07 Å². The molecule has 0 aromatic heterocycles. The predicted molar refractivity (Wildman–Crippen MR) is 66.5 cm³/mol. The number of benzene rings is 2. The van der Waals surface area contributed by atoms with Crippen molar-refractivity contribution in [1.82, 2.24) is 0 Å². The van der Waals surface area contributed by atoms with Crippen molar-refractivity contribution in [2.75, 3.05) is 0 Å². The number of nitriles is 1. The van der Waals surface area contributed by atoms with Gasteiger partial charge in [-0.3, -0.25) is 0 Å². The van der Waals surface area contributed by atoms with Crippen LogP contribution in [0.5, 0.6) is 0 Å². The normalized spacial score (nSPS) is 12.1. The Bertz CT molecular complexity index is 795. The highest BCUT2D eigenvalue weighted by Crippen LogP contribution is 2.45. The zero-order valence-corrected chi connectivity index (χ0v) is 11.4. The quantitative estimate of drug-likeness (QED) is 0.619. The van der Waals surface area contributed by atoms with E-state index in [1.54, 1.807) is 0 Å². The first-order valence-corrected chi connectivity index (χ1v) is 6.14. The van der Waals surface area contributed by atoms with Gasteiger partial charge in [-0.25, -0.2) is 8.78 Å². The minimum Gasteiger partial charge on any atom is -0.205 e. The Balaban J connectivity index is 2.96. The van der Waals surface area contributed by atoms with Gasteiger partial charge in [-0.05, 0) is 24.3 Å². The molecule has 0 atom stereocenters. The molecule has 2 rings (SSSR count). The van der Waals surface area contributed by atoms with Gasteiger partial charge in [-0.2, -0.15) is 31.6 Å². The lowest BCUT2D eigenvalue weighted by molar-refractivity contribution is -0.142. The van der Waals surface area contributed by atoms with E-state index < -0.39 is 51.8 Å². The Morgan fingerprint density at radius 2 is 1.29 bits per heavy atom. The highest BCUT2D eigenvalue weighted by Gasteiger charge is 2.41. The standard InChI is InChI=1S/C15H5F8N/c16-11-5-4-7(13(17)8(11)6-24)12-9(14(18,19)20)2-1-3-10(12)15(21,22)23/h1-5H. The highest BCUT2D eigenvalue weighted by atomic mass is 19.4. The number of hydrogen-bond donors (Lipinski definition) is 0. The molecule has 1 nitrogen and oxygen atoms in total. The van der Waals surface area contributed by atoms with Crippen LogP contribution in [0, 0.1) is 23.0 Å². The molecule has 24 heavy (non-hydrogen) atoms. The molecule has 9 heteroatoms.